The summed E-state index contributed by atoms with van der Waals surface area (Å²) in [6, 6.07) is 6.77. The molecule has 0 radical (unpaired) electrons. The number of nitrogens with two attached hydrogens (primary N) is 1. The summed E-state index contributed by atoms with van der Waals surface area (Å²) in [5, 5.41) is 11.8. The summed E-state index contributed by atoms with van der Waals surface area (Å²) < 4.78 is 0. The van der Waals surface area contributed by atoms with Gasteiger partial charge in [-0.05, 0) is 37.0 Å². The fourth-order valence-corrected chi connectivity index (χ4v) is 2.84. The first-order valence-electron chi connectivity index (χ1n) is 7.36. The molecule has 0 aliphatic heterocycles. The second kappa shape index (κ2) is 6.72. The Kier molecular flexibility index (Phi) is 4.96. The number of carboxylic acid groups (broad SMARTS) is 1. The Hall–Kier alpha value is -1.88. The summed E-state index contributed by atoms with van der Waals surface area (Å²) in [6.07, 6.45) is 5.03. The normalized spacial score (nSPS) is 16.6. The van der Waals surface area contributed by atoms with Crippen LogP contribution in [0.15, 0.2) is 24.3 Å². The lowest BCUT2D eigenvalue weighted by Crippen LogP contribution is -2.42. The van der Waals surface area contributed by atoms with Gasteiger partial charge in [-0.25, -0.2) is 4.79 Å². The van der Waals surface area contributed by atoms with E-state index in [0.717, 1.165) is 31.2 Å². The van der Waals surface area contributed by atoms with Gasteiger partial charge in [0.15, 0.2) is 0 Å². The number of hydrogen-bond donors (Lipinski definition) is 3. The topological polar surface area (TPSA) is 92.4 Å². The minimum atomic E-state index is -0.938. The van der Waals surface area contributed by atoms with E-state index in [-0.39, 0.29) is 17.0 Å². The minimum absolute atomic E-state index is 0.0196. The van der Waals surface area contributed by atoms with Crippen LogP contribution < -0.4 is 11.1 Å². The van der Waals surface area contributed by atoms with Crippen molar-refractivity contribution in [2.24, 2.45) is 5.73 Å². The van der Waals surface area contributed by atoms with Crippen LogP contribution in [0.1, 0.15) is 48.0 Å². The molecule has 114 valence electrons. The standard InChI is InChI=1S/C16H22N2O3/c17-16(7-1-2-8-16)11-14(19)18-9-6-12-4-3-5-13(10-12)15(20)21/h3-5,10H,1-2,6-9,11,17H2,(H,18,19)(H,20,21). The molecule has 1 fully saturated rings. The Morgan fingerprint density at radius 3 is 2.67 bits per heavy atom. The molecule has 2 rings (SSSR count). The summed E-state index contributed by atoms with van der Waals surface area (Å²) in [4.78, 5) is 22.8. The first-order chi connectivity index (χ1) is 9.98. The molecule has 0 aromatic heterocycles. The van der Waals surface area contributed by atoms with Gasteiger partial charge in [0.1, 0.15) is 0 Å². The molecule has 0 saturated heterocycles. The van der Waals surface area contributed by atoms with Crippen molar-refractivity contribution in [3.05, 3.63) is 35.4 Å². The predicted octanol–water partition coefficient (Wildman–Crippen LogP) is 1.71. The van der Waals surface area contributed by atoms with Crippen LogP contribution in [0.2, 0.25) is 0 Å². The molecule has 1 aromatic rings. The zero-order chi connectivity index (χ0) is 15.3. The van der Waals surface area contributed by atoms with Gasteiger partial charge in [-0.1, -0.05) is 25.0 Å². The second-order valence-corrected chi connectivity index (χ2v) is 5.85. The molecule has 5 nitrogen and oxygen atoms in total. The van der Waals surface area contributed by atoms with Crippen molar-refractivity contribution >= 4 is 11.9 Å². The predicted molar refractivity (Wildman–Crippen MR) is 80.1 cm³/mol. The van der Waals surface area contributed by atoms with E-state index in [4.69, 9.17) is 10.8 Å². The van der Waals surface area contributed by atoms with Gasteiger partial charge < -0.3 is 16.2 Å². The Labute approximate surface area is 124 Å². The van der Waals surface area contributed by atoms with Crippen molar-refractivity contribution in [2.45, 2.75) is 44.1 Å². The zero-order valence-corrected chi connectivity index (χ0v) is 12.1. The van der Waals surface area contributed by atoms with Crippen LogP contribution in [0.4, 0.5) is 0 Å². The van der Waals surface area contributed by atoms with Crippen LogP contribution in [0, 0.1) is 0 Å². The highest BCUT2D eigenvalue weighted by Crippen LogP contribution is 2.29. The van der Waals surface area contributed by atoms with Crippen molar-refractivity contribution in [1.82, 2.24) is 5.32 Å². The number of rotatable bonds is 6. The summed E-state index contributed by atoms with van der Waals surface area (Å²) in [7, 11) is 0. The Balaban J connectivity index is 1.77. The molecule has 0 heterocycles. The molecule has 1 amide bonds. The van der Waals surface area contributed by atoms with E-state index >= 15 is 0 Å². The van der Waals surface area contributed by atoms with E-state index in [9.17, 15) is 9.59 Å². The van der Waals surface area contributed by atoms with Crippen molar-refractivity contribution in [1.29, 1.82) is 0 Å². The van der Waals surface area contributed by atoms with Crippen molar-refractivity contribution in [3.63, 3.8) is 0 Å². The number of benzene rings is 1. The molecular formula is C16H22N2O3. The third-order valence-electron chi connectivity index (χ3n) is 4.02. The molecule has 5 heteroatoms. The molecular weight excluding hydrogens is 268 g/mol. The molecule has 1 aliphatic carbocycles. The lowest BCUT2D eigenvalue weighted by atomic mass is 9.94. The third-order valence-corrected chi connectivity index (χ3v) is 4.02. The van der Waals surface area contributed by atoms with Gasteiger partial charge in [0.05, 0.1) is 5.56 Å². The number of nitrogens with one attached hydrogen (secondary N) is 1. The van der Waals surface area contributed by atoms with Crippen LogP contribution in [0.25, 0.3) is 0 Å². The van der Waals surface area contributed by atoms with Gasteiger partial charge in [0.25, 0.3) is 0 Å². The number of amides is 1. The Morgan fingerprint density at radius 2 is 2.00 bits per heavy atom. The first kappa shape index (κ1) is 15.5. The van der Waals surface area contributed by atoms with Gasteiger partial charge >= 0.3 is 5.97 Å². The van der Waals surface area contributed by atoms with Gasteiger partial charge in [-0.3, -0.25) is 4.79 Å². The molecule has 0 unspecified atom stereocenters. The average molecular weight is 290 g/mol. The molecule has 21 heavy (non-hydrogen) atoms. The lowest BCUT2D eigenvalue weighted by Gasteiger charge is -2.22. The number of carbonyl (C=O) groups is 2. The van der Waals surface area contributed by atoms with Gasteiger partial charge in [-0.15, -0.1) is 0 Å². The number of carbonyl (C=O) groups excluding carboxylic acids is 1. The number of aromatic carboxylic acids is 1. The van der Waals surface area contributed by atoms with E-state index < -0.39 is 5.97 Å². The van der Waals surface area contributed by atoms with Crippen LogP contribution in [0.3, 0.4) is 0 Å². The Morgan fingerprint density at radius 1 is 1.29 bits per heavy atom. The fraction of sp³-hybridized carbons (Fsp3) is 0.500. The van der Waals surface area contributed by atoms with E-state index in [0.29, 0.717) is 19.4 Å². The molecule has 0 bridgehead atoms. The number of carboxylic acids is 1. The maximum Gasteiger partial charge on any atom is 0.335 e. The van der Waals surface area contributed by atoms with Gasteiger partial charge in [-0.2, -0.15) is 0 Å². The minimum Gasteiger partial charge on any atom is -0.478 e. The highest BCUT2D eigenvalue weighted by atomic mass is 16.4. The molecule has 1 aliphatic rings. The molecule has 1 saturated carbocycles. The van der Waals surface area contributed by atoms with Crippen molar-refractivity contribution < 1.29 is 14.7 Å². The fourth-order valence-electron chi connectivity index (χ4n) is 2.84. The molecule has 1 aromatic carbocycles. The molecule has 4 N–H and O–H groups in total. The summed E-state index contributed by atoms with van der Waals surface area (Å²) in [5.74, 6) is -0.957. The smallest absolute Gasteiger partial charge is 0.335 e. The summed E-state index contributed by atoms with van der Waals surface area (Å²) in [6.45, 7) is 0.498. The summed E-state index contributed by atoms with van der Waals surface area (Å²) in [5.41, 5.74) is 7.01. The molecule has 0 spiro atoms. The Bertz CT molecular complexity index is 522. The van der Waals surface area contributed by atoms with E-state index in [1.807, 2.05) is 6.07 Å². The maximum atomic E-state index is 11.9. The first-order valence-corrected chi connectivity index (χ1v) is 7.36. The van der Waals surface area contributed by atoms with Gasteiger partial charge in [0.2, 0.25) is 5.91 Å². The third kappa shape index (κ3) is 4.56. The van der Waals surface area contributed by atoms with Crippen molar-refractivity contribution in [2.75, 3.05) is 6.54 Å². The van der Waals surface area contributed by atoms with E-state index in [2.05, 4.69) is 5.32 Å². The van der Waals surface area contributed by atoms with E-state index in [1.54, 1.807) is 18.2 Å². The lowest BCUT2D eigenvalue weighted by molar-refractivity contribution is -0.122. The van der Waals surface area contributed by atoms with E-state index in [1.165, 1.54) is 0 Å². The summed E-state index contributed by atoms with van der Waals surface area (Å²) >= 11 is 0. The second-order valence-electron chi connectivity index (χ2n) is 5.85. The highest BCUT2D eigenvalue weighted by Gasteiger charge is 2.31. The monoisotopic (exact) mass is 290 g/mol. The number of hydrogen-bond acceptors (Lipinski definition) is 3. The zero-order valence-electron chi connectivity index (χ0n) is 12.1. The maximum absolute atomic E-state index is 11.9. The average Bonchev–Trinajstić information content (AvgIpc) is 2.85. The quantitative estimate of drug-likeness (QED) is 0.743. The van der Waals surface area contributed by atoms with Crippen LogP contribution in [-0.4, -0.2) is 29.1 Å². The van der Waals surface area contributed by atoms with Crippen LogP contribution >= 0.6 is 0 Å². The SMILES string of the molecule is NC1(CC(=O)NCCc2cccc(C(=O)O)c2)CCCC1. The largest absolute Gasteiger partial charge is 0.478 e. The highest BCUT2D eigenvalue weighted by molar-refractivity contribution is 5.87. The van der Waals surface area contributed by atoms with Crippen LogP contribution in [0.5, 0.6) is 0 Å². The van der Waals surface area contributed by atoms with Crippen molar-refractivity contribution in [3.8, 4) is 0 Å². The molecule has 0 atom stereocenters. The van der Waals surface area contributed by atoms with Gasteiger partial charge in [0, 0.05) is 18.5 Å². The van der Waals surface area contributed by atoms with Crippen LogP contribution in [-0.2, 0) is 11.2 Å².